The SMILES string of the molecule is CCC(Nc1cc(C)c(Cl)cc1OC)C1CC1. The van der Waals surface area contributed by atoms with E-state index >= 15 is 0 Å². The Morgan fingerprint density at radius 3 is 2.71 bits per heavy atom. The van der Waals surface area contributed by atoms with Crippen LogP contribution in [0, 0.1) is 12.8 Å². The van der Waals surface area contributed by atoms with E-state index in [9.17, 15) is 0 Å². The summed E-state index contributed by atoms with van der Waals surface area (Å²) in [5.74, 6) is 1.67. The van der Waals surface area contributed by atoms with Crippen molar-refractivity contribution >= 4 is 17.3 Å². The molecule has 2 nitrogen and oxygen atoms in total. The molecule has 1 fully saturated rings. The summed E-state index contributed by atoms with van der Waals surface area (Å²) in [4.78, 5) is 0. The first kappa shape index (κ1) is 12.6. The Morgan fingerprint density at radius 1 is 1.47 bits per heavy atom. The van der Waals surface area contributed by atoms with Crippen LogP contribution in [-0.2, 0) is 0 Å². The first-order chi connectivity index (χ1) is 8.15. The standard InChI is InChI=1S/C14H20ClNO/c1-4-12(10-5-6-10)16-13-7-9(2)11(15)8-14(13)17-3/h7-8,10,12,16H,4-6H2,1-3H3. The van der Waals surface area contributed by atoms with Crippen LogP contribution < -0.4 is 10.1 Å². The topological polar surface area (TPSA) is 21.3 Å². The number of rotatable bonds is 5. The van der Waals surface area contributed by atoms with Crippen LogP contribution in [0.25, 0.3) is 0 Å². The lowest BCUT2D eigenvalue weighted by atomic mass is 10.1. The second-order valence-electron chi connectivity index (χ2n) is 4.80. The first-order valence-electron chi connectivity index (χ1n) is 6.26. The number of hydrogen-bond acceptors (Lipinski definition) is 2. The van der Waals surface area contributed by atoms with E-state index in [1.165, 1.54) is 12.8 Å². The van der Waals surface area contributed by atoms with E-state index < -0.39 is 0 Å². The van der Waals surface area contributed by atoms with Gasteiger partial charge in [-0.25, -0.2) is 0 Å². The Kier molecular flexibility index (Phi) is 3.82. The van der Waals surface area contributed by atoms with Crippen LogP contribution in [0.5, 0.6) is 5.75 Å². The van der Waals surface area contributed by atoms with Crippen molar-refractivity contribution in [2.75, 3.05) is 12.4 Å². The van der Waals surface area contributed by atoms with Gasteiger partial charge in [-0.2, -0.15) is 0 Å². The number of ether oxygens (including phenoxy) is 1. The third-order valence-electron chi connectivity index (χ3n) is 3.45. The fraction of sp³-hybridized carbons (Fsp3) is 0.571. The zero-order valence-corrected chi connectivity index (χ0v) is 11.5. The van der Waals surface area contributed by atoms with Crippen molar-refractivity contribution in [3.05, 3.63) is 22.7 Å². The van der Waals surface area contributed by atoms with E-state index in [1.54, 1.807) is 7.11 Å². The van der Waals surface area contributed by atoms with Crippen LogP contribution >= 0.6 is 11.6 Å². The molecule has 2 rings (SSSR count). The number of halogens is 1. The predicted molar refractivity (Wildman–Crippen MR) is 73.2 cm³/mol. The van der Waals surface area contributed by atoms with Gasteiger partial charge >= 0.3 is 0 Å². The third kappa shape index (κ3) is 2.86. The number of nitrogens with one attached hydrogen (secondary N) is 1. The summed E-state index contributed by atoms with van der Waals surface area (Å²) in [6, 6.07) is 4.52. The Bertz CT molecular complexity index is 401. The van der Waals surface area contributed by atoms with Crippen molar-refractivity contribution in [1.82, 2.24) is 0 Å². The molecule has 0 aromatic heterocycles. The Hall–Kier alpha value is -0.890. The minimum atomic E-state index is 0.560. The van der Waals surface area contributed by atoms with Crippen LogP contribution in [0.3, 0.4) is 0 Å². The number of hydrogen-bond donors (Lipinski definition) is 1. The zero-order valence-electron chi connectivity index (χ0n) is 10.7. The van der Waals surface area contributed by atoms with Crippen molar-refractivity contribution in [3.8, 4) is 5.75 Å². The second kappa shape index (κ2) is 5.18. The molecule has 0 bridgehead atoms. The predicted octanol–water partition coefficient (Wildman–Crippen LogP) is 4.26. The lowest BCUT2D eigenvalue weighted by molar-refractivity contribution is 0.415. The zero-order chi connectivity index (χ0) is 12.4. The van der Waals surface area contributed by atoms with Crippen molar-refractivity contribution in [2.24, 2.45) is 5.92 Å². The Labute approximate surface area is 108 Å². The highest BCUT2D eigenvalue weighted by atomic mass is 35.5. The van der Waals surface area contributed by atoms with Gasteiger partial charge in [0.1, 0.15) is 5.75 Å². The molecule has 1 saturated carbocycles. The number of aryl methyl sites for hydroxylation is 1. The molecule has 17 heavy (non-hydrogen) atoms. The van der Waals surface area contributed by atoms with Gasteiger partial charge in [-0.3, -0.25) is 0 Å². The quantitative estimate of drug-likeness (QED) is 0.847. The lowest BCUT2D eigenvalue weighted by Gasteiger charge is -2.20. The molecule has 0 saturated heterocycles. The van der Waals surface area contributed by atoms with E-state index in [0.717, 1.165) is 34.4 Å². The van der Waals surface area contributed by atoms with E-state index in [0.29, 0.717) is 6.04 Å². The van der Waals surface area contributed by atoms with Crippen molar-refractivity contribution in [1.29, 1.82) is 0 Å². The molecule has 1 unspecified atom stereocenters. The summed E-state index contributed by atoms with van der Waals surface area (Å²) >= 11 is 6.10. The number of anilines is 1. The van der Waals surface area contributed by atoms with Crippen LogP contribution in [-0.4, -0.2) is 13.2 Å². The number of methoxy groups -OCH3 is 1. The van der Waals surface area contributed by atoms with Crippen molar-refractivity contribution in [2.45, 2.75) is 39.2 Å². The highest BCUT2D eigenvalue weighted by Crippen LogP contribution is 2.38. The molecule has 1 aromatic carbocycles. The summed E-state index contributed by atoms with van der Waals surface area (Å²) < 4.78 is 5.38. The van der Waals surface area contributed by atoms with Gasteiger partial charge in [0.15, 0.2) is 0 Å². The summed E-state index contributed by atoms with van der Waals surface area (Å²) in [5, 5.41) is 4.35. The maximum atomic E-state index is 6.10. The summed E-state index contributed by atoms with van der Waals surface area (Å²) in [7, 11) is 1.68. The van der Waals surface area contributed by atoms with Gasteiger partial charge in [0.2, 0.25) is 0 Å². The second-order valence-corrected chi connectivity index (χ2v) is 5.21. The Morgan fingerprint density at radius 2 is 2.18 bits per heavy atom. The largest absolute Gasteiger partial charge is 0.495 e. The highest BCUT2D eigenvalue weighted by Gasteiger charge is 2.30. The van der Waals surface area contributed by atoms with Crippen LogP contribution in [0.15, 0.2) is 12.1 Å². The normalized spacial score (nSPS) is 16.7. The third-order valence-corrected chi connectivity index (χ3v) is 3.86. The molecule has 0 amide bonds. The molecule has 94 valence electrons. The fourth-order valence-corrected chi connectivity index (χ4v) is 2.35. The first-order valence-corrected chi connectivity index (χ1v) is 6.64. The molecule has 1 aliphatic carbocycles. The lowest BCUT2D eigenvalue weighted by Crippen LogP contribution is -2.21. The van der Waals surface area contributed by atoms with Gasteiger partial charge in [0.05, 0.1) is 12.8 Å². The maximum Gasteiger partial charge on any atom is 0.143 e. The highest BCUT2D eigenvalue weighted by molar-refractivity contribution is 6.31. The fourth-order valence-electron chi connectivity index (χ4n) is 2.20. The van der Waals surface area contributed by atoms with Crippen LogP contribution in [0.2, 0.25) is 5.02 Å². The molecule has 0 spiro atoms. The molecule has 1 N–H and O–H groups in total. The molecule has 1 atom stereocenters. The van der Waals surface area contributed by atoms with Crippen molar-refractivity contribution < 1.29 is 4.74 Å². The minimum absolute atomic E-state index is 0.560. The van der Waals surface area contributed by atoms with E-state index in [1.807, 2.05) is 13.0 Å². The van der Waals surface area contributed by atoms with E-state index in [2.05, 4.69) is 18.3 Å². The molecule has 0 radical (unpaired) electrons. The monoisotopic (exact) mass is 253 g/mol. The molecule has 1 aliphatic rings. The van der Waals surface area contributed by atoms with Gasteiger partial charge in [0.25, 0.3) is 0 Å². The van der Waals surface area contributed by atoms with Crippen molar-refractivity contribution in [3.63, 3.8) is 0 Å². The molecule has 0 aliphatic heterocycles. The van der Waals surface area contributed by atoms with Gasteiger partial charge in [-0.15, -0.1) is 0 Å². The summed E-state index contributed by atoms with van der Waals surface area (Å²) in [6.07, 6.45) is 3.84. The molecular formula is C14H20ClNO. The van der Waals surface area contributed by atoms with Gasteiger partial charge in [0, 0.05) is 17.1 Å². The minimum Gasteiger partial charge on any atom is -0.495 e. The summed E-state index contributed by atoms with van der Waals surface area (Å²) in [5.41, 5.74) is 2.15. The van der Waals surface area contributed by atoms with E-state index in [4.69, 9.17) is 16.3 Å². The average molecular weight is 254 g/mol. The average Bonchev–Trinajstić information content (AvgIpc) is 3.14. The molecule has 3 heteroatoms. The smallest absolute Gasteiger partial charge is 0.143 e. The van der Waals surface area contributed by atoms with Gasteiger partial charge < -0.3 is 10.1 Å². The van der Waals surface area contributed by atoms with E-state index in [-0.39, 0.29) is 0 Å². The molecule has 1 aromatic rings. The van der Waals surface area contributed by atoms with Gasteiger partial charge in [-0.05, 0) is 43.7 Å². The van der Waals surface area contributed by atoms with Crippen LogP contribution in [0.1, 0.15) is 31.7 Å². The van der Waals surface area contributed by atoms with Crippen LogP contribution in [0.4, 0.5) is 5.69 Å². The number of benzene rings is 1. The summed E-state index contributed by atoms with van der Waals surface area (Å²) in [6.45, 7) is 4.25. The Balaban J connectivity index is 2.20. The molecular weight excluding hydrogens is 234 g/mol. The van der Waals surface area contributed by atoms with Gasteiger partial charge in [-0.1, -0.05) is 18.5 Å². The maximum absolute atomic E-state index is 6.10. The molecule has 0 heterocycles.